The fourth-order valence-electron chi connectivity index (χ4n) is 4.61. The molecule has 0 aromatic heterocycles. The SMILES string of the molecule is [2H]c1c([2H])c([2H])c(C(C(N)=O)(c2c([2H])c([2H])c([2H])c([2H])c2[2H])[C@@H]2CCN(CCc3ccc4c(c3)C([2H])([2H])C([2H])([2H])O4)C2)c([2H])c1[2H]. The van der Waals surface area contributed by atoms with Gasteiger partial charge in [0.05, 0.1) is 23.0 Å². The number of hydrogen-bond acceptors (Lipinski definition) is 3. The van der Waals surface area contributed by atoms with Crippen LogP contribution in [0.1, 0.15) is 47.9 Å². The molecule has 1 fully saturated rings. The van der Waals surface area contributed by atoms with Crippen LogP contribution in [-0.2, 0) is 23.0 Å². The third-order valence-corrected chi connectivity index (χ3v) is 6.17. The van der Waals surface area contributed by atoms with Gasteiger partial charge in [0.25, 0.3) is 0 Å². The van der Waals surface area contributed by atoms with Crippen LogP contribution < -0.4 is 10.5 Å². The second kappa shape index (κ2) is 8.79. The molecule has 4 heteroatoms. The molecule has 4 nitrogen and oxygen atoms in total. The molecule has 164 valence electrons. The summed E-state index contributed by atoms with van der Waals surface area (Å²) < 4.78 is 122. The molecule has 0 bridgehead atoms. The van der Waals surface area contributed by atoms with Gasteiger partial charge >= 0.3 is 0 Å². The number of rotatable bonds is 7. The summed E-state index contributed by atoms with van der Waals surface area (Å²) in [6.07, 6.45) is -1.88. The van der Waals surface area contributed by atoms with E-state index in [1.807, 2.05) is 4.90 Å². The Bertz CT molecular complexity index is 1650. The minimum atomic E-state index is -2.54. The number of benzene rings is 3. The molecular weight excluding hydrogens is 396 g/mol. The predicted molar refractivity (Wildman–Crippen MR) is 127 cm³/mol. The van der Waals surface area contributed by atoms with E-state index in [1.54, 1.807) is 6.07 Å². The molecule has 1 atom stereocenters. The van der Waals surface area contributed by atoms with Crippen LogP contribution in [0.3, 0.4) is 0 Å². The Kier molecular flexibility index (Phi) is 2.81. The van der Waals surface area contributed by atoms with E-state index in [-0.39, 0.29) is 24.3 Å². The van der Waals surface area contributed by atoms with Gasteiger partial charge in [0.15, 0.2) is 0 Å². The number of likely N-dealkylation sites (tertiary alicyclic amines) is 1. The quantitative estimate of drug-likeness (QED) is 0.605. The maximum absolute atomic E-state index is 13.8. The van der Waals surface area contributed by atoms with Crippen molar-refractivity contribution in [3.05, 3.63) is 101 Å². The van der Waals surface area contributed by atoms with Crippen molar-refractivity contribution in [2.45, 2.75) is 24.6 Å². The second-order valence-corrected chi connectivity index (χ2v) is 7.87. The molecule has 0 unspecified atom stereocenters. The lowest BCUT2D eigenvalue weighted by Gasteiger charge is -2.37. The van der Waals surface area contributed by atoms with Gasteiger partial charge in [0, 0.05) is 22.2 Å². The molecule has 2 aliphatic heterocycles. The van der Waals surface area contributed by atoms with Gasteiger partial charge in [-0.1, -0.05) is 72.6 Å². The Morgan fingerprint density at radius 1 is 1.12 bits per heavy atom. The zero-order chi connectivity index (χ0) is 34.3. The van der Waals surface area contributed by atoms with Crippen molar-refractivity contribution in [3.8, 4) is 5.75 Å². The van der Waals surface area contributed by atoms with Gasteiger partial charge in [0.2, 0.25) is 5.91 Å². The van der Waals surface area contributed by atoms with Gasteiger partial charge < -0.3 is 15.4 Å². The summed E-state index contributed by atoms with van der Waals surface area (Å²) >= 11 is 0. The lowest BCUT2D eigenvalue weighted by molar-refractivity contribution is -0.123. The number of carbonyl (C=O) groups is 1. The van der Waals surface area contributed by atoms with Crippen molar-refractivity contribution >= 4 is 5.91 Å². The number of primary amides is 1. The molecular formula is C28H30N2O2. The van der Waals surface area contributed by atoms with Crippen molar-refractivity contribution in [1.29, 1.82) is 0 Å². The molecule has 32 heavy (non-hydrogen) atoms. The summed E-state index contributed by atoms with van der Waals surface area (Å²) in [6, 6.07) is -2.94. The summed E-state index contributed by atoms with van der Waals surface area (Å²) in [6.45, 7) is -1.86. The van der Waals surface area contributed by atoms with Gasteiger partial charge in [-0.05, 0) is 53.6 Å². The number of ether oxygens (including phenoxy) is 1. The monoisotopic (exact) mass is 440 g/mol. The first kappa shape index (κ1) is 10.2. The second-order valence-electron chi connectivity index (χ2n) is 7.87. The van der Waals surface area contributed by atoms with E-state index in [2.05, 4.69) is 0 Å². The summed E-state index contributed by atoms with van der Waals surface area (Å²) in [5.41, 5.74) is 3.27. The van der Waals surface area contributed by atoms with Crippen LogP contribution in [0.25, 0.3) is 0 Å². The molecule has 3 aromatic rings. The average Bonchev–Trinajstić information content (AvgIpc) is 3.54. The fourth-order valence-corrected chi connectivity index (χ4v) is 4.61. The van der Waals surface area contributed by atoms with E-state index >= 15 is 0 Å². The molecule has 0 radical (unpaired) electrons. The Labute approximate surface area is 209 Å². The van der Waals surface area contributed by atoms with Crippen LogP contribution in [0.5, 0.6) is 5.75 Å². The third kappa shape index (κ3) is 3.69. The minimum absolute atomic E-state index is 0.0325. The van der Waals surface area contributed by atoms with Crippen LogP contribution in [0.4, 0.5) is 0 Å². The third-order valence-electron chi connectivity index (χ3n) is 6.17. The Morgan fingerprint density at radius 3 is 2.47 bits per heavy atom. The van der Waals surface area contributed by atoms with Gasteiger partial charge in [0.1, 0.15) is 11.2 Å². The van der Waals surface area contributed by atoms with Crippen molar-refractivity contribution in [1.82, 2.24) is 4.90 Å². The number of nitrogens with two attached hydrogens (primary N) is 1. The topological polar surface area (TPSA) is 55.6 Å². The van der Waals surface area contributed by atoms with Gasteiger partial charge in [-0.2, -0.15) is 0 Å². The van der Waals surface area contributed by atoms with E-state index in [1.165, 1.54) is 12.1 Å². The number of amides is 1. The van der Waals surface area contributed by atoms with Crippen molar-refractivity contribution in [2.75, 3.05) is 26.2 Å². The molecule has 2 heterocycles. The molecule has 0 spiro atoms. The largest absolute Gasteiger partial charge is 0.493 e. The highest BCUT2D eigenvalue weighted by Crippen LogP contribution is 2.43. The highest BCUT2D eigenvalue weighted by Gasteiger charge is 2.49. The number of aryl methyl sites for hydroxylation is 1. The van der Waals surface area contributed by atoms with Crippen LogP contribution >= 0.6 is 0 Å². The minimum Gasteiger partial charge on any atom is -0.493 e. The van der Waals surface area contributed by atoms with Crippen molar-refractivity contribution < 1.29 is 28.7 Å². The number of hydrogen-bond donors (Lipinski definition) is 1. The first-order valence-electron chi connectivity index (χ1n) is 17.3. The van der Waals surface area contributed by atoms with E-state index in [9.17, 15) is 4.79 Å². The van der Waals surface area contributed by atoms with Crippen LogP contribution in [0, 0.1) is 5.92 Å². The fraction of sp³-hybridized carbons (Fsp3) is 0.321. The summed E-state index contributed by atoms with van der Waals surface area (Å²) in [5.74, 6) is -2.11. The summed E-state index contributed by atoms with van der Waals surface area (Å²) in [5, 5.41) is 0. The first-order valence-corrected chi connectivity index (χ1v) is 10.3. The number of carbonyl (C=O) groups excluding carboxylic acids is 1. The average molecular weight is 441 g/mol. The molecule has 2 N–H and O–H groups in total. The molecule has 0 saturated carbocycles. The van der Waals surface area contributed by atoms with Crippen molar-refractivity contribution in [3.63, 3.8) is 0 Å². The van der Waals surface area contributed by atoms with Crippen molar-refractivity contribution in [2.24, 2.45) is 11.7 Å². The molecule has 3 aromatic carbocycles. The normalized spacial score (nSPS) is 27.7. The standard InChI is InChI=1S/C28H30N2O2/c29-27(31)28(23-7-3-1-4-8-23,24-9-5-2-6-10-24)25-14-17-30(20-25)16-13-21-11-12-26-22(19-21)15-18-32-26/h1-12,19,25H,13-18,20H2,(H2,29,31)/t25-/m1/s1/i1D,2D,3D,4D,5D,6D,7D,8D,9D,10D,15D2,18D2. The summed E-state index contributed by atoms with van der Waals surface area (Å²) in [4.78, 5) is 15.7. The maximum Gasteiger partial charge on any atom is 0.232 e. The smallest absolute Gasteiger partial charge is 0.232 e. The van der Waals surface area contributed by atoms with Crippen LogP contribution in [0.15, 0.2) is 78.6 Å². The highest BCUT2D eigenvalue weighted by molar-refractivity contribution is 5.91. The van der Waals surface area contributed by atoms with E-state index in [0.29, 0.717) is 25.1 Å². The zero-order valence-corrected chi connectivity index (χ0v) is 17.2. The van der Waals surface area contributed by atoms with Gasteiger partial charge in [-0.25, -0.2) is 0 Å². The maximum atomic E-state index is 13.8. The van der Waals surface area contributed by atoms with E-state index < -0.39 is 102 Å². The number of nitrogens with zero attached hydrogens (tertiary/aromatic N) is 1. The number of fused-ring (bicyclic) bond motifs is 1. The van der Waals surface area contributed by atoms with Gasteiger partial charge in [-0.3, -0.25) is 4.79 Å². The molecule has 1 amide bonds. The molecule has 0 aliphatic carbocycles. The first-order chi connectivity index (χ1) is 21.3. The lowest BCUT2D eigenvalue weighted by Crippen LogP contribution is -2.49. The Morgan fingerprint density at radius 2 is 1.81 bits per heavy atom. The Balaban J connectivity index is 1.60. The zero-order valence-electron chi connectivity index (χ0n) is 31.2. The van der Waals surface area contributed by atoms with E-state index in [4.69, 9.17) is 29.7 Å². The van der Waals surface area contributed by atoms with Gasteiger partial charge in [-0.15, -0.1) is 0 Å². The molecule has 1 saturated heterocycles. The van der Waals surface area contributed by atoms with E-state index in [0.717, 1.165) is 0 Å². The van der Waals surface area contributed by atoms with Crippen LogP contribution in [0.2, 0.25) is 0 Å². The van der Waals surface area contributed by atoms with Crippen LogP contribution in [-0.4, -0.2) is 37.0 Å². The molecule has 2 aliphatic rings. The predicted octanol–water partition coefficient (Wildman–Crippen LogP) is 3.96. The highest BCUT2D eigenvalue weighted by atomic mass is 16.5. The molecule has 5 rings (SSSR count). The Hall–Kier alpha value is -3.11. The summed E-state index contributed by atoms with van der Waals surface area (Å²) in [7, 11) is 0. The lowest BCUT2D eigenvalue weighted by atomic mass is 9.64.